The van der Waals surface area contributed by atoms with Crippen LogP contribution in [0.3, 0.4) is 0 Å². The number of anilines is 2. The number of aromatic nitrogens is 2. The van der Waals surface area contributed by atoms with Crippen LogP contribution in [0.5, 0.6) is 0 Å². The SMILES string of the molecule is CCC(=O)N(CC1CCCN(C(=O)OC)C1)c1cccnc1.CCC(=O)N(CC1CCCN(CCc2ccccc2)C1)c1cccnc1. The van der Waals surface area contributed by atoms with Crippen LogP contribution in [-0.2, 0) is 20.7 Å². The minimum absolute atomic E-state index is 0.0724. The molecule has 3 amide bonds. The predicted octanol–water partition coefficient (Wildman–Crippen LogP) is 6.08. The summed E-state index contributed by atoms with van der Waals surface area (Å²) < 4.78 is 4.79. The third-order valence-corrected chi connectivity index (χ3v) is 9.12. The van der Waals surface area contributed by atoms with Gasteiger partial charge in [-0.25, -0.2) is 4.79 Å². The summed E-state index contributed by atoms with van der Waals surface area (Å²) in [6, 6.07) is 18.3. The number of benzene rings is 1. The maximum absolute atomic E-state index is 12.5. The Labute approximate surface area is 286 Å². The summed E-state index contributed by atoms with van der Waals surface area (Å²) in [5.74, 6) is 1.03. The van der Waals surface area contributed by atoms with Gasteiger partial charge in [-0.05, 0) is 80.3 Å². The topological polar surface area (TPSA) is 99.2 Å². The van der Waals surface area contributed by atoms with Crippen LogP contribution in [-0.4, -0.2) is 90.6 Å². The molecule has 0 aliphatic carbocycles. The molecule has 258 valence electrons. The van der Waals surface area contributed by atoms with Crippen LogP contribution < -0.4 is 9.80 Å². The molecule has 1 aromatic carbocycles. The summed E-state index contributed by atoms with van der Waals surface area (Å²) in [4.78, 5) is 52.6. The fraction of sp³-hybridized carbons (Fsp3) is 0.500. The molecule has 2 atom stereocenters. The third-order valence-electron chi connectivity index (χ3n) is 9.12. The van der Waals surface area contributed by atoms with Gasteiger partial charge in [0.15, 0.2) is 0 Å². The van der Waals surface area contributed by atoms with E-state index >= 15 is 0 Å². The van der Waals surface area contributed by atoms with Crippen molar-refractivity contribution in [1.82, 2.24) is 19.8 Å². The molecule has 4 heterocycles. The molecule has 0 N–H and O–H groups in total. The molecule has 48 heavy (non-hydrogen) atoms. The molecule has 0 spiro atoms. The largest absolute Gasteiger partial charge is 0.453 e. The molecule has 2 aromatic heterocycles. The number of likely N-dealkylation sites (tertiary alicyclic amines) is 2. The Hall–Kier alpha value is -4.31. The Bertz CT molecular complexity index is 1390. The Kier molecular flexibility index (Phi) is 14.8. The first-order valence-electron chi connectivity index (χ1n) is 17.4. The number of pyridine rings is 2. The molecule has 0 saturated carbocycles. The number of piperidine rings is 2. The van der Waals surface area contributed by atoms with Crippen LogP contribution in [0.25, 0.3) is 0 Å². The van der Waals surface area contributed by atoms with Crippen molar-refractivity contribution in [3.63, 3.8) is 0 Å². The van der Waals surface area contributed by atoms with Gasteiger partial charge in [0.1, 0.15) is 0 Å². The van der Waals surface area contributed by atoms with Crippen LogP contribution in [0.2, 0.25) is 0 Å². The molecule has 5 rings (SSSR count). The minimum Gasteiger partial charge on any atom is -0.453 e. The van der Waals surface area contributed by atoms with Gasteiger partial charge in [0, 0.05) is 64.5 Å². The molecular formula is C38H52N6O4. The van der Waals surface area contributed by atoms with Crippen molar-refractivity contribution in [3.05, 3.63) is 84.9 Å². The van der Waals surface area contributed by atoms with Gasteiger partial charge in [-0.2, -0.15) is 0 Å². The van der Waals surface area contributed by atoms with Gasteiger partial charge >= 0.3 is 6.09 Å². The zero-order valence-corrected chi connectivity index (χ0v) is 28.9. The second kappa shape index (κ2) is 19.5. The van der Waals surface area contributed by atoms with Crippen LogP contribution in [0.4, 0.5) is 16.2 Å². The quantitative estimate of drug-likeness (QED) is 0.247. The van der Waals surface area contributed by atoms with Gasteiger partial charge in [-0.3, -0.25) is 19.6 Å². The summed E-state index contributed by atoms with van der Waals surface area (Å²) in [7, 11) is 1.40. The molecule has 10 nitrogen and oxygen atoms in total. The number of hydrogen-bond donors (Lipinski definition) is 0. The lowest BCUT2D eigenvalue weighted by molar-refractivity contribution is -0.119. The van der Waals surface area contributed by atoms with Crippen LogP contribution in [0.1, 0.15) is 57.9 Å². The number of hydrogen-bond acceptors (Lipinski definition) is 7. The van der Waals surface area contributed by atoms with Crippen molar-refractivity contribution >= 4 is 29.3 Å². The number of carbonyl (C=O) groups is 3. The monoisotopic (exact) mass is 656 g/mol. The molecular weight excluding hydrogens is 604 g/mol. The number of nitrogens with zero attached hydrogens (tertiary/aromatic N) is 6. The number of carbonyl (C=O) groups excluding carboxylic acids is 3. The summed E-state index contributed by atoms with van der Waals surface area (Å²) in [6.07, 6.45) is 13.0. The third kappa shape index (κ3) is 11.1. The standard InChI is InChI=1S/C22H29N3O.C16H23N3O3/c1-2-22(26)25(21-11-6-13-23-16-21)18-20-10-7-14-24(17-20)15-12-19-8-4-3-5-9-19;1-3-15(20)19(14-7-4-8-17-10-14)12-13-6-5-9-18(11-13)16(21)22-2/h3-6,8-9,11,13,16,20H,2,7,10,12,14-15,17-18H2,1H3;4,7-8,10,13H,3,5-6,9,11-12H2,1-2H3. The highest BCUT2D eigenvalue weighted by molar-refractivity contribution is 5.93. The van der Waals surface area contributed by atoms with E-state index in [-0.39, 0.29) is 23.8 Å². The van der Waals surface area contributed by atoms with E-state index in [2.05, 4.69) is 45.2 Å². The molecule has 2 aliphatic heterocycles. The van der Waals surface area contributed by atoms with E-state index in [9.17, 15) is 14.4 Å². The van der Waals surface area contributed by atoms with E-state index < -0.39 is 0 Å². The van der Waals surface area contributed by atoms with Gasteiger partial charge in [-0.1, -0.05) is 44.2 Å². The lowest BCUT2D eigenvalue weighted by Crippen LogP contribution is -2.45. The van der Waals surface area contributed by atoms with E-state index in [1.54, 1.807) is 34.6 Å². The van der Waals surface area contributed by atoms with Gasteiger partial charge in [0.05, 0.1) is 30.9 Å². The normalized spacial score (nSPS) is 17.9. The van der Waals surface area contributed by atoms with E-state index in [0.717, 1.165) is 63.4 Å². The average Bonchev–Trinajstić information content (AvgIpc) is 3.16. The van der Waals surface area contributed by atoms with E-state index in [1.807, 2.05) is 43.0 Å². The van der Waals surface area contributed by atoms with E-state index in [4.69, 9.17) is 4.74 Å². The van der Waals surface area contributed by atoms with Crippen molar-refractivity contribution in [2.45, 2.75) is 58.8 Å². The first kappa shape index (κ1) is 36.5. The van der Waals surface area contributed by atoms with Gasteiger partial charge in [0.2, 0.25) is 11.8 Å². The molecule has 2 aliphatic rings. The number of amides is 3. The summed E-state index contributed by atoms with van der Waals surface area (Å²) in [5, 5.41) is 0. The minimum atomic E-state index is -0.292. The zero-order valence-electron chi connectivity index (χ0n) is 28.9. The number of methoxy groups -OCH3 is 1. The highest BCUT2D eigenvalue weighted by Gasteiger charge is 2.28. The number of rotatable bonds is 11. The fourth-order valence-electron chi connectivity index (χ4n) is 6.57. The van der Waals surface area contributed by atoms with E-state index in [0.29, 0.717) is 31.8 Å². The van der Waals surface area contributed by atoms with Gasteiger partial charge in [0.25, 0.3) is 0 Å². The molecule has 2 fully saturated rings. The fourth-order valence-corrected chi connectivity index (χ4v) is 6.57. The van der Waals surface area contributed by atoms with Crippen molar-refractivity contribution in [2.24, 2.45) is 11.8 Å². The molecule has 2 unspecified atom stereocenters. The summed E-state index contributed by atoms with van der Waals surface area (Å²) >= 11 is 0. The van der Waals surface area contributed by atoms with Crippen molar-refractivity contribution < 1.29 is 19.1 Å². The Balaban J connectivity index is 0.000000220. The van der Waals surface area contributed by atoms with Crippen LogP contribution in [0.15, 0.2) is 79.4 Å². The summed E-state index contributed by atoms with van der Waals surface area (Å²) in [5.41, 5.74) is 3.12. The van der Waals surface area contributed by atoms with E-state index in [1.165, 1.54) is 25.5 Å². The first-order valence-corrected chi connectivity index (χ1v) is 17.4. The maximum Gasteiger partial charge on any atom is 0.409 e. The van der Waals surface area contributed by atoms with Gasteiger partial charge < -0.3 is 24.3 Å². The highest BCUT2D eigenvalue weighted by Crippen LogP contribution is 2.24. The Morgan fingerprint density at radius 1 is 0.771 bits per heavy atom. The lowest BCUT2D eigenvalue weighted by atomic mass is 9.96. The Morgan fingerprint density at radius 2 is 1.33 bits per heavy atom. The highest BCUT2D eigenvalue weighted by atomic mass is 16.5. The van der Waals surface area contributed by atoms with Crippen molar-refractivity contribution in [2.75, 3.05) is 62.7 Å². The smallest absolute Gasteiger partial charge is 0.409 e. The van der Waals surface area contributed by atoms with Crippen molar-refractivity contribution in [1.29, 1.82) is 0 Å². The summed E-state index contributed by atoms with van der Waals surface area (Å²) in [6.45, 7) is 9.85. The molecule has 2 saturated heterocycles. The van der Waals surface area contributed by atoms with Crippen LogP contribution >= 0.6 is 0 Å². The predicted molar refractivity (Wildman–Crippen MR) is 190 cm³/mol. The second-order valence-corrected chi connectivity index (χ2v) is 12.6. The van der Waals surface area contributed by atoms with Crippen molar-refractivity contribution in [3.8, 4) is 0 Å². The van der Waals surface area contributed by atoms with Crippen LogP contribution in [0, 0.1) is 11.8 Å². The number of ether oxygens (including phenoxy) is 1. The molecule has 0 radical (unpaired) electrons. The first-order chi connectivity index (χ1) is 23.4. The zero-order chi connectivity index (χ0) is 34.1. The molecule has 3 aromatic rings. The van der Waals surface area contributed by atoms with Gasteiger partial charge in [-0.15, -0.1) is 0 Å². The average molecular weight is 657 g/mol. The molecule has 0 bridgehead atoms. The maximum atomic E-state index is 12.5. The Morgan fingerprint density at radius 3 is 1.85 bits per heavy atom. The lowest BCUT2D eigenvalue weighted by Gasteiger charge is -2.35. The molecule has 10 heteroatoms. The second-order valence-electron chi connectivity index (χ2n) is 12.6.